The van der Waals surface area contributed by atoms with Gasteiger partial charge in [0.2, 0.25) is 5.82 Å². The van der Waals surface area contributed by atoms with E-state index >= 15 is 0 Å². The summed E-state index contributed by atoms with van der Waals surface area (Å²) in [6.07, 6.45) is 1.73. The molecule has 168 valence electrons. The minimum Gasteiger partial charge on any atom is -0.508 e. The van der Waals surface area contributed by atoms with E-state index in [1.165, 1.54) is 4.80 Å². The largest absolute Gasteiger partial charge is 0.508 e. The van der Waals surface area contributed by atoms with E-state index in [2.05, 4.69) is 47.7 Å². The number of phenolic OH excluding ortho intramolecular Hbond substituents is 1. The van der Waals surface area contributed by atoms with Crippen LogP contribution in [0.5, 0.6) is 5.75 Å². The minimum absolute atomic E-state index is 0.0503. The molecule has 0 aliphatic heterocycles. The molecule has 0 fully saturated rings. The fourth-order valence-electron chi connectivity index (χ4n) is 3.91. The number of tetrazole rings is 1. The van der Waals surface area contributed by atoms with Gasteiger partial charge in [0.1, 0.15) is 11.4 Å². The fraction of sp³-hybridized carbons (Fsp3) is 0.375. The number of nitrogens with zero attached hydrogens (tertiary/aromatic N) is 5. The zero-order valence-electron chi connectivity index (χ0n) is 19.1. The summed E-state index contributed by atoms with van der Waals surface area (Å²) in [5.74, 6) is 0.906. The van der Waals surface area contributed by atoms with Gasteiger partial charge in [0.25, 0.3) is 0 Å². The summed E-state index contributed by atoms with van der Waals surface area (Å²) in [5.41, 5.74) is 4.06. The van der Waals surface area contributed by atoms with Crippen LogP contribution in [0.15, 0.2) is 41.3 Å². The second-order valence-corrected chi connectivity index (χ2v) is 11.2. The van der Waals surface area contributed by atoms with Gasteiger partial charge < -0.3 is 9.67 Å². The van der Waals surface area contributed by atoms with Gasteiger partial charge in [-0.15, -0.1) is 22.0 Å². The van der Waals surface area contributed by atoms with Crippen LogP contribution >= 0.6 is 23.4 Å². The van der Waals surface area contributed by atoms with Crippen molar-refractivity contribution in [3.05, 3.63) is 52.5 Å². The van der Waals surface area contributed by atoms with Crippen molar-refractivity contribution in [2.75, 3.05) is 0 Å². The molecule has 2 aromatic carbocycles. The van der Waals surface area contributed by atoms with Gasteiger partial charge in [0, 0.05) is 32.2 Å². The number of halogens is 1. The molecule has 6 nitrogen and oxygen atoms in total. The molecule has 32 heavy (non-hydrogen) atoms. The SMILES string of the molecule is CCCc1c(O)ccc2c1c(SC(C)(C)C)c(-c1nnn(C)n1)n2Cc1ccc(Cl)cc1. The molecule has 0 amide bonds. The summed E-state index contributed by atoms with van der Waals surface area (Å²) in [7, 11) is 1.77. The van der Waals surface area contributed by atoms with Gasteiger partial charge in [-0.3, -0.25) is 0 Å². The van der Waals surface area contributed by atoms with Gasteiger partial charge in [-0.2, -0.15) is 4.80 Å². The standard InChI is InChI=1S/C24H28ClN5OS/c1-6-7-17-19(31)13-12-18-20(17)22(32-24(2,3)4)21(23-26-28-29(5)27-23)30(18)14-15-8-10-16(25)11-9-15/h8-13,31H,6-7,14H2,1-5H3. The van der Waals surface area contributed by atoms with Gasteiger partial charge in [0.05, 0.1) is 12.6 Å². The third kappa shape index (κ3) is 4.50. The summed E-state index contributed by atoms with van der Waals surface area (Å²) in [6, 6.07) is 11.7. The molecule has 4 rings (SSSR count). The van der Waals surface area contributed by atoms with Crippen LogP contribution in [0.4, 0.5) is 0 Å². The van der Waals surface area contributed by atoms with Crippen LogP contribution in [0.2, 0.25) is 5.02 Å². The molecule has 8 heteroatoms. The van der Waals surface area contributed by atoms with Gasteiger partial charge >= 0.3 is 0 Å². The smallest absolute Gasteiger partial charge is 0.222 e. The molecule has 0 saturated heterocycles. The lowest BCUT2D eigenvalue weighted by molar-refractivity contribution is 0.469. The number of aromatic nitrogens is 5. The molecule has 0 saturated carbocycles. The maximum Gasteiger partial charge on any atom is 0.222 e. The summed E-state index contributed by atoms with van der Waals surface area (Å²) < 4.78 is 2.19. The number of phenols is 1. The quantitative estimate of drug-likeness (QED) is 0.346. The molecule has 0 bridgehead atoms. The van der Waals surface area contributed by atoms with Gasteiger partial charge in [-0.25, -0.2) is 0 Å². The zero-order valence-corrected chi connectivity index (χ0v) is 20.6. The molecule has 0 atom stereocenters. The van der Waals surface area contributed by atoms with Crippen molar-refractivity contribution in [1.82, 2.24) is 24.8 Å². The second-order valence-electron chi connectivity index (χ2n) is 8.91. The lowest BCUT2D eigenvalue weighted by Crippen LogP contribution is -2.08. The lowest BCUT2D eigenvalue weighted by atomic mass is 10.0. The van der Waals surface area contributed by atoms with Gasteiger partial charge in [-0.1, -0.05) is 57.8 Å². The maximum atomic E-state index is 10.8. The normalized spacial score (nSPS) is 12.1. The molecule has 2 aromatic heterocycles. The van der Waals surface area contributed by atoms with E-state index in [4.69, 9.17) is 11.6 Å². The van der Waals surface area contributed by atoms with Crippen molar-refractivity contribution in [3.63, 3.8) is 0 Å². The second kappa shape index (κ2) is 8.79. The van der Waals surface area contributed by atoms with E-state index in [-0.39, 0.29) is 4.75 Å². The van der Waals surface area contributed by atoms with Crippen molar-refractivity contribution in [1.29, 1.82) is 0 Å². The van der Waals surface area contributed by atoms with Crippen LogP contribution in [0.25, 0.3) is 22.4 Å². The first-order chi connectivity index (χ1) is 15.2. The van der Waals surface area contributed by atoms with Crippen LogP contribution in [0, 0.1) is 0 Å². The predicted octanol–water partition coefficient (Wildman–Crippen LogP) is 6.08. The van der Waals surface area contributed by atoms with E-state index in [0.29, 0.717) is 23.1 Å². The van der Waals surface area contributed by atoms with E-state index in [9.17, 15) is 5.11 Å². The van der Waals surface area contributed by atoms with E-state index in [1.807, 2.05) is 30.3 Å². The van der Waals surface area contributed by atoms with Crippen LogP contribution in [0.1, 0.15) is 45.2 Å². The third-order valence-corrected chi connectivity index (χ3v) is 6.62. The molecule has 0 spiro atoms. The molecular weight excluding hydrogens is 442 g/mol. The van der Waals surface area contributed by atoms with Crippen molar-refractivity contribution >= 4 is 34.3 Å². The highest BCUT2D eigenvalue weighted by atomic mass is 35.5. The Morgan fingerprint density at radius 3 is 2.41 bits per heavy atom. The highest BCUT2D eigenvalue weighted by Crippen LogP contribution is 2.47. The number of hydrogen-bond donors (Lipinski definition) is 1. The molecular formula is C24H28ClN5OS. The number of fused-ring (bicyclic) bond motifs is 1. The average Bonchev–Trinajstić information content (AvgIpc) is 3.26. The number of aryl methyl sites for hydroxylation is 2. The Bertz CT molecular complexity index is 1250. The fourth-order valence-corrected chi connectivity index (χ4v) is 5.28. The first-order valence-corrected chi connectivity index (χ1v) is 11.9. The predicted molar refractivity (Wildman–Crippen MR) is 132 cm³/mol. The maximum absolute atomic E-state index is 10.8. The third-order valence-electron chi connectivity index (χ3n) is 5.15. The Labute approximate surface area is 197 Å². The average molecular weight is 470 g/mol. The first kappa shape index (κ1) is 22.7. The zero-order chi connectivity index (χ0) is 23.0. The van der Waals surface area contributed by atoms with E-state index in [1.54, 1.807) is 24.9 Å². The molecule has 0 unspecified atom stereocenters. The highest BCUT2D eigenvalue weighted by molar-refractivity contribution is 8.01. The molecule has 0 aliphatic carbocycles. The first-order valence-electron chi connectivity index (χ1n) is 10.7. The highest BCUT2D eigenvalue weighted by Gasteiger charge is 2.28. The Morgan fingerprint density at radius 1 is 1.09 bits per heavy atom. The number of aromatic hydroxyl groups is 1. The Balaban J connectivity index is 2.07. The van der Waals surface area contributed by atoms with Crippen molar-refractivity contribution in [2.24, 2.45) is 7.05 Å². The summed E-state index contributed by atoms with van der Waals surface area (Å²) >= 11 is 7.89. The molecule has 2 heterocycles. The minimum atomic E-state index is -0.0503. The summed E-state index contributed by atoms with van der Waals surface area (Å²) in [4.78, 5) is 2.56. The molecule has 0 aliphatic rings. The topological polar surface area (TPSA) is 68.8 Å². The lowest BCUT2D eigenvalue weighted by Gasteiger charge is -2.19. The monoisotopic (exact) mass is 469 g/mol. The Hall–Kier alpha value is -2.51. The van der Waals surface area contributed by atoms with Gasteiger partial charge in [0.15, 0.2) is 0 Å². The Kier molecular flexibility index (Phi) is 6.23. The van der Waals surface area contributed by atoms with Crippen LogP contribution in [0.3, 0.4) is 0 Å². The van der Waals surface area contributed by atoms with Crippen molar-refractivity contribution in [3.8, 4) is 17.3 Å². The molecule has 1 N–H and O–H groups in total. The Morgan fingerprint density at radius 2 is 1.81 bits per heavy atom. The number of thioether (sulfide) groups is 1. The van der Waals surface area contributed by atoms with Crippen LogP contribution in [-0.2, 0) is 20.0 Å². The van der Waals surface area contributed by atoms with Crippen molar-refractivity contribution < 1.29 is 5.11 Å². The number of rotatable bonds is 6. The van der Waals surface area contributed by atoms with Crippen molar-refractivity contribution in [2.45, 2.75) is 56.7 Å². The molecule has 4 aromatic rings. The van der Waals surface area contributed by atoms with Crippen LogP contribution < -0.4 is 0 Å². The van der Waals surface area contributed by atoms with Gasteiger partial charge in [-0.05, 0) is 41.5 Å². The molecule has 0 radical (unpaired) electrons. The van der Waals surface area contributed by atoms with E-state index in [0.717, 1.165) is 45.5 Å². The van der Waals surface area contributed by atoms with E-state index < -0.39 is 0 Å². The summed E-state index contributed by atoms with van der Waals surface area (Å²) in [5, 5.41) is 25.6. The number of hydrogen-bond acceptors (Lipinski definition) is 5. The number of benzene rings is 2. The van der Waals surface area contributed by atoms with Crippen LogP contribution in [-0.4, -0.2) is 34.6 Å². The summed E-state index contributed by atoms with van der Waals surface area (Å²) in [6.45, 7) is 9.33.